The molecular weight excluding hydrogens is 262 g/mol. The van der Waals surface area contributed by atoms with Crippen LogP contribution in [-0.4, -0.2) is 47.9 Å². The van der Waals surface area contributed by atoms with Gasteiger partial charge in [0.1, 0.15) is 0 Å². The molecule has 1 amide bonds. The molecule has 2 heterocycles. The molecule has 2 aliphatic rings. The monoisotopic (exact) mass is 287 g/mol. The van der Waals surface area contributed by atoms with Gasteiger partial charge in [0, 0.05) is 24.8 Å². The Morgan fingerprint density at radius 1 is 1.10 bits per heavy atom. The summed E-state index contributed by atoms with van der Waals surface area (Å²) in [6.45, 7) is 4.25. The maximum Gasteiger partial charge on any atom is 0.227 e. The van der Waals surface area contributed by atoms with Crippen molar-refractivity contribution in [1.82, 2.24) is 9.80 Å². The average molecular weight is 287 g/mol. The Hall–Kier alpha value is -1.55. The lowest BCUT2D eigenvalue weighted by Gasteiger charge is -2.32. The molecule has 4 heteroatoms. The van der Waals surface area contributed by atoms with Gasteiger partial charge >= 0.3 is 0 Å². The first-order valence-electron chi connectivity index (χ1n) is 8.08. The van der Waals surface area contributed by atoms with Crippen molar-refractivity contribution in [3.05, 3.63) is 29.8 Å². The summed E-state index contributed by atoms with van der Waals surface area (Å²) in [6, 6.07) is 8.21. The smallest absolute Gasteiger partial charge is 0.227 e. The van der Waals surface area contributed by atoms with E-state index in [1.54, 1.807) is 0 Å². The van der Waals surface area contributed by atoms with Crippen molar-refractivity contribution < 1.29 is 4.79 Å². The summed E-state index contributed by atoms with van der Waals surface area (Å²) in [5.74, 6) is 0.249. The molecule has 3 rings (SSSR count). The lowest BCUT2D eigenvalue weighted by atomic mass is 10.1. The number of carbonyl (C=O) groups excluding carboxylic acids is 1. The van der Waals surface area contributed by atoms with Crippen LogP contribution in [0, 0.1) is 0 Å². The number of likely N-dealkylation sites (tertiary alicyclic amines) is 2. The predicted octanol–water partition coefficient (Wildman–Crippen LogP) is 1.90. The van der Waals surface area contributed by atoms with Crippen molar-refractivity contribution in [3.63, 3.8) is 0 Å². The van der Waals surface area contributed by atoms with E-state index in [2.05, 4.69) is 4.90 Å². The Morgan fingerprint density at radius 2 is 1.81 bits per heavy atom. The van der Waals surface area contributed by atoms with Crippen LogP contribution in [0.5, 0.6) is 0 Å². The van der Waals surface area contributed by atoms with E-state index in [0.29, 0.717) is 12.5 Å². The van der Waals surface area contributed by atoms with Crippen molar-refractivity contribution in [2.24, 2.45) is 0 Å². The minimum absolute atomic E-state index is 0.249. The minimum atomic E-state index is 0.249. The molecule has 21 heavy (non-hydrogen) atoms. The lowest BCUT2D eigenvalue weighted by Crippen LogP contribution is -2.41. The third kappa shape index (κ3) is 3.56. The Morgan fingerprint density at radius 3 is 2.52 bits per heavy atom. The second-order valence-corrected chi connectivity index (χ2v) is 6.30. The summed E-state index contributed by atoms with van der Waals surface area (Å²) in [5, 5.41) is 0. The molecule has 0 bridgehead atoms. The summed E-state index contributed by atoms with van der Waals surface area (Å²) >= 11 is 0. The van der Waals surface area contributed by atoms with E-state index in [1.807, 2.05) is 29.2 Å². The van der Waals surface area contributed by atoms with Crippen molar-refractivity contribution in [2.75, 3.05) is 31.9 Å². The molecule has 2 fully saturated rings. The molecule has 0 aliphatic carbocycles. The van der Waals surface area contributed by atoms with E-state index >= 15 is 0 Å². The van der Waals surface area contributed by atoms with Gasteiger partial charge in [-0.05, 0) is 50.0 Å². The first kappa shape index (κ1) is 14.4. The SMILES string of the molecule is Nc1ccc(CC(=O)N2CCC(N3CCCCC3)C2)cc1. The van der Waals surface area contributed by atoms with Gasteiger partial charge in [0.05, 0.1) is 6.42 Å². The normalized spacial score (nSPS) is 23.4. The van der Waals surface area contributed by atoms with Crippen molar-refractivity contribution >= 4 is 11.6 Å². The summed E-state index contributed by atoms with van der Waals surface area (Å²) in [5.41, 5.74) is 7.48. The van der Waals surface area contributed by atoms with Crippen LogP contribution in [0.3, 0.4) is 0 Å². The highest BCUT2D eigenvalue weighted by Crippen LogP contribution is 2.21. The number of anilines is 1. The van der Waals surface area contributed by atoms with Crippen molar-refractivity contribution in [3.8, 4) is 0 Å². The van der Waals surface area contributed by atoms with E-state index in [4.69, 9.17) is 5.73 Å². The highest BCUT2D eigenvalue weighted by molar-refractivity contribution is 5.79. The van der Waals surface area contributed by atoms with E-state index < -0.39 is 0 Å². The number of rotatable bonds is 3. The zero-order chi connectivity index (χ0) is 14.7. The summed E-state index contributed by atoms with van der Waals surface area (Å²) in [4.78, 5) is 17.0. The number of piperidine rings is 1. The van der Waals surface area contributed by atoms with Gasteiger partial charge in [-0.2, -0.15) is 0 Å². The molecule has 0 saturated carbocycles. The Kier molecular flexibility index (Phi) is 4.44. The largest absolute Gasteiger partial charge is 0.399 e. The standard InChI is InChI=1S/C17H25N3O/c18-15-6-4-14(5-7-15)12-17(21)20-11-8-16(13-20)19-9-2-1-3-10-19/h4-7,16H,1-3,8-13,18H2. The van der Waals surface area contributed by atoms with Gasteiger partial charge in [0.2, 0.25) is 5.91 Å². The predicted molar refractivity (Wildman–Crippen MR) is 85.0 cm³/mol. The lowest BCUT2D eigenvalue weighted by molar-refractivity contribution is -0.129. The second kappa shape index (κ2) is 6.48. The average Bonchev–Trinajstić information content (AvgIpc) is 3.00. The van der Waals surface area contributed by atoms with E-state index in [9.17, 15) is 4.79 Å². The van der Waals surface area contributed by atoms with Crippen LogP contribution in [0.25, 0.3) is 0 Å². The summed E-state index contributed by atoms with van der Waals surface area (Å²) in [7, 11) is 0. The molecule has 2 saturated heterocycles. The number of hydrogen-bond donors (Lipinski definition) is 1. The van der Waals surface area contributed by atoms with Crippen LogP contribution in [0.15, 0.2) is 24.3 Å². The van der Waals surface area contributed by atoms with Crippen LogP contribution < -0.4 is 5.73 Å². The zero-order valence-corrected chi connectivity index (χ0v) is 12.6. The first-order valence-corrected chi connectivity index (χ1v) is 8.08. The number of benzene rings is 1. The van der Waals surface area contributed by atoms with E-state index in [0.717, 1.165) is 30.8 Å². The van der Waals surface area contributed by atoms with Crippen molar-refractivity contribution in [1.29, 1.82) is 0 Å². The Balaban J connectivity index is 1.53. The van der Waals surface area contributed by atoms with Gasteiger partial charge in [-0.15, -0.1) is 0 Å². The van der Waals surface area contributed by atoms with Gasteiger partial charge in [-0.1, -0.05) is 18.6 Å². The molecule has 2 N–H and O–H groups in total. The number of nitrogen functional groups attached to an aromatic ring is 1. The zero-order valence-electron chi connectivity index (χ0n) is 12.6. The maximum absolute atomic E-state index is 12.4. The fourth-order valence-corrected chi connectivity index (χ4v) is 3.47. The van der Waals surface area contributed by atoms with Gasteiger partial charge in [0.25, 0.3) is 0 Å². The molecule has 2 aliphatic heterocycles. The minimum Gasteiger partial charge on any atom is -0.399 e. The second-order valence-electron chi connectivity index (χ2n) is 6.30. The molecule has 0 aromatic heterocycles. The van der Waals surface area contributed by atoms with Crippen LogP contribution in [-0.2, 0) is 11.2 Å². The van der Waals surface area contributed by atoms with Crippen molar-refractivity contribution in [2.45, 2.75) is 38.1 Å². The highest BCUT2D eigenvalue weighted by atomic mass is 16.2. The molecule has 1 aromatic rings. The van der Waals surface area contributed by atoms with Crippen LogP contribution >= 0.6 is 0 Å². The van der Waals surface area contributed by atoms with Crippen LogP contribution in [0.2, 0.25) is 0 Å². The third-order valence-corrected chi connectivity index (χ3v) is 4.76. The number of hydrogen-bond acceptors (Lipinski definition) is 3. The molecular formula is C17H25N3O. The molecule has 1 atom stereocenters. The van der Waals surface area contributed by atoms with Gasteiger partial charge < -0.3 is 10.6 Å². The third-order valence-electron chi connectivity index (χ3n) is 4.76. The Bertz CT molecular complexity index is 479. The number of carbonyl (C=O) groups is 1. The topological polar surface area (TPSA) is 49.6 Å². The van der Waals surface area contributed by atoms with E-state index in [1.165, 1.54) is 32.4 Å². The van der Waals surface area contributed by atoms with Crippen LogP contribution in [0.1, 0.15) is 31.2 Å². The first-order chi connectivity index (χ1) is 10.2. The molecule has 1 aromatic carbocycles. The Labute approximate surface area is 126 Å². The van der Waals surface area contributed by atoms with Gasteiger partial charge in [0.15, 0.2) is 0 Å². The van der Waals surface area contributed by atoms with Gasteiger partial charge in [-0.3, -0.25) is 9.69 Å². The number of amides is 1. The molecule has 0 spiro atoms. The van der Waals surface area contributed by atoms with Gasteiger partial charge in [-0.25, -0.2) is 0 Å². The molecule has 0 radical (unpaired) electrons. The molecule has 1 unspecified atom stereocenters. The van der Waals surface area contributed by atoms with Crippen LogP contribution in [0.4, 0.5) is 5.69 Å². The number of nitrogens with zero attached hydrogens (tertiary/aromatic N) is 2. The number of nitrogens with two attached hydrogens (primary N) is 1. The fourth-order valence-electron chi connectivity index (χ4n) is 3.47. The fraction of sp³-hybridized carbons (Fsp3) is 0.588. The highest BCUT2D eigenvalue weighted by Gasteiger charge is 2.30. The summed E-state index contributed by atoms with van der Waals surface area (Å²) < 4.78 is 0. The quantitative estimate of drug-likeness (QED) is 0.864. The van der Waals surface area contributed by atoms with E-state index in [-0.39, 0.29) is 5.91 Å². The molecule has 114 valence electrons. The summed E-state index contributed by atoms with van der Waals surface area (Å²) in [6.07, 6.45) is 5.62. The molecule has 4 nitrogen and oxygen atoms in total. The maximum atomic E-state index is 12.4.